The van der Waals surface area contributed by atoms with Gasteiger partial charge in [0, 0.05) is 18.2 Å². The fourth-order valence-corrected chi connectivity index (χ4v) is 2.51. The number of carbonyl (C=O) groups excluding carboxylic acids is 1. The molecule has 0 bridgehead atoms. The molecule has 1 fully saturated rings. The van der Waals surface area contributed by atoms with Crippen molar-refractivity contribution in [3.05, 3.63) is 24.0 Å². The molecule has 0 atom stereocenters. The highest BCUT2D eigenvalue weighted by atomic mass is 19.1. The van der Waals surface area contributed by atoms with Gasteiger partial charge >= 0.3 is 0 Å². The molecule has 2 N–H and O–H groups in total. The molecule has 1 aromatic carbocycles. The first kappa shape index (κ1) is 15.8. The highest BCUT2D eigenvalue weighted by Crippen LogP contribution is 2.27. The summed E-state index contributed by atoms with van der Waals surface area (Å²) in [4.78, 5) is 11.7. The predicted octanol–water partition coefficient (Wildman–Crippen LogP) is 3.09. The predicted molar refractivity (Wildman–Crippen MR) is 81.1 cm³/mol. The Morgan fingerprint density at radius 2 is 2.14 bits per heavy atom. The van der Waals surface area contributed by atoms with Crippen molar-refractivity contribution in [1.29, 1.82) is 0 Å². The summed E-state index contributed by atoms with van der Waals surface area (Å²) in [6, 6.07) is 4.60. The molecule has 0 radical (unpaired) electrons. The van der Waals surface area contributed by atoms with E-state index in [2.05, 4.69) is 10.6 Å². The van der Waals surface area contributed by atoms with Crippen molar-refractivity contribution in [2.45, 2.75) is 44.6 Å². The lowest BCUT2D eigenvalue weighted by atomic mass is 10.2. The van der Waals surface area contributed by atoms with Crippen LogP contribution in [0.4, 0.5) is 10.1 Å². The van der Waals surface area contributed by atoms with Gasteiger partial charge in [0.25, 0.3) is 0 Å². The van der Waals surface area contributed by atoms with E-state index in [1.165, 1.54) is 6.07 Å². The van der Waals surface area contributed by atoms with Gasteiger partial charge in [-0.2, -0.15) is 0 Å². The largest absolute Gasteiger partial charge is 0.487 e. The molecule has 2 rings (SSSR count). The van der Waals surface area contributed by atoms with Crippen molar-refractivity contribution >= 4 is 11.6 Å². The molecule has 21 heavy (non-hydrogen) atoms. The van der Waals surface area contributed by atoms with E-state index in [4.69, 9.17) is 4.74 Å². The minimum absolute atomic E-state index is 0.103. The summed E-state index contributed by atoms with van der Waals surface area (Å²) in [5.74, 6) is -0.251. The molecule has 0 heterocycles. The SMILES string of the molecule is CNCCCC(=O)Nc1ccc(OC2CCCC2)c(F)c1. The molecule has 1 aliphatic rings. The highest BCUT2D eigenvalue weighted by molar-refractivity contribution is 5.90. The number of benzene rings is 1. The number of hydrogen-bond acceptors (Lipinski definition) is 3. The molecule has 1 aromatic rings. The molecule has 116 valence electrons. The minimum atomic E-state index is -0.421. The summed E-state index contributed by atoms with van der Waals surface area (Å²) in [5.41, 5.74) is 0.473. The second-order valence-corrected chi connectivity index (χ2v) is 5.42. The summed E-state index contributed by atoms with van der Waals surface area (Å²) in [6.07, 6.45) is 5.57. The molecule has 4 nitrogen and oxygen atoms in total. The van der Waals surface area contributed by atoms with Gasteiger partial charge in [0.2, 0.25) is 5.91 Å². The van der Waals surface area contributed by atoms with Crippen LogP contribution in [0.3, 0.4) is 0 Å². The highest BCUT2D eigenvalue weighted by Gasteiger charge is 2.18. The molecule has 0 aromatic heterocycles. The topological polar surface area (TPSA) is 50.4 Å². The molecule has 0 spiro atoms. The summed E-state index contributed by atoms with van der Waals surface area (Å²) in [6.45, 7) is 0.788. The molecule has 1 saturated carbocycles. The Morgan fingerprint density at radius 3 is 2.81 bits per heavy atom. The van der Waals surface area contributed by atoms with Crippen molar-refractivity contribution < 1.29 is 13.9 Å². The van der Waals surface area contributed by atoms with E-state index < -0.39 is 5.82 Å². The van der Waals surface area contributed by atoms with E-state index in [1.54, 1.807) is 12.1 Å². The molecule has 5 heteroatoms. The maximum Gasteiger partial charge on any atom is 0.224 e. The molecule has 1 aliphatic carbocycles. The van der Waals surface area contributed by atoms with Gasteiger partial charge in [-0.05, 0) is 57.8 Å². The second-order valence-electron chi connectivity index (χ2n) is 5.42. The number of halogens is 1. The third-order valence-electron chi connectivity index (χ3n) is 3.64. The third kappa shape index (κ3) is 5.01. The lowest BCUT2D eigenvalue weighted by Gasteiger charge is -2.14. The number of carbonyl (C=O) groups is 1. The van der Waals surface area contributed by atoms with Gasteiger partial charge in [-0.1, -0.05) is 0 Å². The third-order valence-corrected chi connectivity index (χ3v) is 3.64. The standard InChI is InChI=1S/C16H23FN2O2/c1-18-10-4-7-16(20)19-12-8-9-15(14(17)11-12)21-13-5-2-3-6-13/h8-9,11,13,18H,2-7,10H2,1H3,(H,19,20). The van der Waals surface area contributed by atoms with Gasteiger partial charge in [-0.15, -0.1) is 0 Å². The smallest absolute Gasteiger partial charge is 0.224 e. The van der Waals surface area contributed by atoms with E-state index in [1.807, 2.05) is 7.05 Å². The average Bonchev–Trinajstić information content (AvgIpc) is 2.95. The van der Waals surface area contributed by atoms with Crippen molar-refractivity contribution in [2.24, 2.45) is 0 Å². The normalized spacial score (nSPS) is 15.1. The maximum absolute atomic E-state index is 14.0. The first-order valence-corrected chi connectivity index (χ1v) is 7.59. The van der Waals surface area contributed by atoms with Crippen LogP contribution >= 0.6 is 0 Å². The number of amides is 1. The fourth-order valence-electron chi connectivity index (χ4n) is 2.51. The number of anilines is 1. The van der Waals surface area contributed by atoms with E-state index in [9.17, 15) is 9.18 Å². The lowest BCUT2D eigenvalue weighted by molar-refractivity contribution is -0.116. The van der Waals surface area contributed by atoms with E-state index in [0.29, 0.717) is 12.1 Å². The first-order chi connectivity index (χ1) is 10.2. The lowest BCUT2D eigenvalue weighted by Crippen LogP contribution is -2.15. The maximum atomic E-state index is 14.0. The zero-order valence-electron chi connectivity index (χ0n) is 12.5. The molecular weight excluding hydrogens is 271 g/mol. The van der Waals surface area contributed by atoms with Gasteiger partial charge in [-0.3, -0.25) is 4.79 Å². The van der Waals surface area contributed by atoms with Crippen LogP contribution < -0.4 is 15.4 Å². The number of nitrogens with one attached hydrogen (secondary N) is 2. The van der Waals surface area contributed by atoms with Crippen molar-refractivity contribution in [2.75, 3.05) is 18.9 Å². The van der Waals surface area contributed by atoms with Crippen molar-refractivity contribution in [1.82, 2.24) is 5.32 Å². The van der Waals surface area contributed by atoms with E-state index in [0.717, 1.165) is 38.6 Å². The van der Waals surface area contributed by atoms with Crippen LogP contribution in [0.2, 0.25) is 0 Å². The van der Waals surface area contributed by atoms with Crippen LogP contribution in [0, 0.1) is 5.82 Å². The Morgan fingerprint density at radius 1 is 1.38 bits per heavy atom. The molecule has 1 amide bonds. The average molecular weight is 294 g/mol. The first-order valence-electron chi connectivity index (χ1n) is 7.59. The molecule has 0 aliphatic heterocycles. The van der Waals surface area contributed by atoms with Gasteiger partial charge in [0.1, 0.15) is 0 Å². The summed E-state index contributed by atoms with van der Waals surface area (Å²) in [5, 5.41) is 5.68. The van der Waals surface area contributed by atoms with Crippen LogP contribution in [0.5, 0.6) is 5.75 Å². The number of rotatable bonds is 7. The fraction of sp³-hybridized carbons (Fsp3) is 0.562. The Kier molecular flexibility index (Phi) is 5.99. The van der Waals surface area contributed by atoms with Crippen molar-refractivity contribution in [3.63, 3.8) is 0 Å². The number of hydrogen-bond donors (Lipinski definition) is 2. The monoisotopic (exact) mass is 294 g/mol. The summed E-state index contributed by atoms with van der Waals surface area (Å²) < 4.78 is 19.6. The van der Waals surface area contributed by atoms with Gasteiger partial charge in [0.05, 0.1) is 6.10 Å². The minimum Gasteiger partial charge on any atom is -0.487 e. The molecule has 0 saturated heterocycles. The zero-order chi connectivity index (χ0) is 15.1. The van der Waals surface area contributed by atoms with E-state index >= 15 is 0 Å². The molecular formula is C16H23FN2O2. The molecule has 0 unspecified atom stereocenters. The quantitative estimate of drug-likeness (QED) is 0.760. The van der Waals surface area contributed by atoms with Gasteiger partial charge < -0.3 is 15.4 Å². The van der Waals surface area contributed by atoms with Crippen LogP contribution in [0.25, 0.3) is 0 Å². The second kappa shape index (κ2) is 7.98. The summed E-state index contributed by atoms with van der Waals surface area (Å²) >= 11 is 0. The zero-order valence-corrected chi connectivity index (χ0v) is 12.5. The van der Waals surface area contributed by atoms with Crippen LogP contribution in [-0.4, -0.2) is 25.6 Å². The number of ether oxygens (including phenoxy) is 1. The Hall–Kier alpha value is -1.62. The Balaban J connectivity index is 1.87. The van der Waals surface area contributed by atoms with Crippen LogP contribution in [0.1, 0.15) is 38.5 Å². The summed E-state index contributed by atoms with van der Waals surface area (Å²) in [7, 11) is 1.84. The van der Waals surface area contributed by atoms with Crippen LogP contribution in [0.15, 0.2) is 18.2 Å². The van der Waals surface area contributed by atoms with Gasteiger partial charge in [0.15, 0.2) is 11.6 Å². The Bertz CT molecular complexity index is 473. The Labute approximate surface area is 125 Å². The van der Waals surface area contributed by atoms with Gasteiger partial charge in [-0.25, -0.2) is 4.39 Å². The van der Waals surface area contributed by atoms with Crippen LogP contribution in [-0.2, 0) is 4.79 Å². The van der Waals surface area contributed by atoms with E-state index in [-0.39, 0.29) is 17.8 Å². The van der Waals surface area contributed by atoms with Crippen molar-refractivity contribution in [3.8, 4) is 5.75 Å².